The zero-order valence-electron chi connectivity index (χ0n) is 11.3. The van der Waals surface area contributed by atoms with Gasteiger partial charge in [-0.2, -0.15) is 4.98 Å². The summed E-state index contributed by atoms with van der Waals surface area (Å²) in [5, 5.41) is 14.9. The SMILES string of the molecule is O=C(O)CC1COCCN1Cc1noc(-c2cccs2)n1. The Balaban J connectivity index is 1.68. The van der Waals surface area contributed by atoms with Gasteiger partial charge in [0, 0.05) is 12.6 Å². The molecule has 0 bridgehead atoms. The second-order valence-corrected chi connectivity index (χ2v) is 5.74. The van der Waals surface area contributed by atoms with Crippen molar-refractivity contribution < 1.29 is 19.2 Å². The highest BCUT2D eigenvalue weighted by Gasteiger charge is 2.26. The topological polar surface area (TPSA) is 88.7 Å². The van der Waals surface area contributed by atoms with E-state index >= 15 is 0 Å². The summed E-state index contributed by atoms with van der Waals surface area (Å²) in [6.07, 6.45) is 0.0512. The summed E-state index contributed by atoms with van der Waals surface area (Å²) >= 11 is 1.54. The number of hydrogen-bond acceptors (Lipinski definition) is 7. The molecule has 0 radical (unpaired) electrons. The van der Waals surface area contributed by atoms with Gasteiger partial charge in [-0.05, 0) is 11.4 Å². The van der Waals surface area contributed by atoms with Crippen LogP contribution in [0.5, 0.6) is 0 Å². The van der Waals surface area contributed by atoms with E-state index in [1.807, 2.05) is 22.4 Å². The largest absolute Gasteiger partial charge is 0.481 e. The number of carbonyl (C=O) groups is 1. The van der Waals surface area contributed by atoms with Crippen molar-refractivity contribution in [3.05, 3.63) is 23.3 Å². The lowest BCUT2D eigenvalue weighted by Gasteiger charge is -2.33. The van der Waals surface area contributed by atoms with E-state index in [0.717, 1.165) is 4.88 Å². The second-order valence-electron chi connectivity index (χ2n) is 4.79. The molecule has 3 heterocycles. The van der Waals surface area contributed by atoms with Crippen LogP contribution < -0.4 is 0 Å². The number of nitrogens with zero attached hydrogens (tertiary/aromatic N) is 3. The summed E-state index contributed by atoms with van der Waals surface area (Å²) in [5.41, 5.74) is 0. The molecule has 112 valence electrons. The minimum atomic E-state index is -0.831. The molecule has 1 unspecified atom stereocenters. The quantitative estimate of drug-likeness (QED) is 0.894. The zero-order chi connectivity index (χ0) is 14.7. The van der Waals surface area contributed by atoms with Gasteiger partial charge in [-0.15, -0.1) is 11.3 Å². The first kappa shape index (κ1) is 14.2. The highest BCUT2D eigenvalue weighted by atomic mass is 32.1. The fourth-order valence-electron chi connectivity index (χ4n) is 2.29. The summed E-state index contributed by atoms with van der Waals surface area (Å²) in [5.74, 6) is 0.238. The minimum Gasteiger partial charge on any atom is -0.481 e. The molecule has 1 fully saturated rings. The van der Waals surface area contributed by atoms with Crippen LogP contribution >= 0.6 is 11.3 Å². The molecule has 21 heavy (non-hydrogen) atoms. The maximum Gasteiger partial charge on any atom is 0.305 e. The van der Waals surface area contributed by atoms with Crippen molar-refractivity contribution in [2.75, 3.05) is 19.8 Å². The van der Waals surface area contributed by atoms with Crippen LogP contribution in [-0.2, 0) is 16.1 Å². The molecule has 1 atom stereocenters. The molecular weight excluding hydrogens is 294 g/mol. The van der Waals surface area contributed by atoms with Gasteiger partial charge in [0.05, 0.1) is 31.1 Å². The maximum absolute atomic E-state index is 10.9. The zero-order valence-corrected chi connectivity index (χ0v) is 12.1. The Kier molecular flexibility index (Phi) is 4.28. The standard InChI is InChI=1S/C13H15N3O4S/c17-12(18)6-9-8-19-4-3-16(9)7-11-14-13(20-15-11)10-2-1-5-21-10/h1-2,5,9H,3-4,6-8H2,(H,17,18). The summed E-state index contributed by atoms with van der Waals surface area (Å²) in [6, 6.07) is 3.69. The Morgan fingerprint density at radius 1 is 1.57 bits per heavy atom. The van der Waals surface area contributed by atoms with Crippen LogP contribution in [-0.4, -0.2) is 51.9 Å². The molecule has 3 rings (SSSR count). The molecule has 1 saturated heterocycles. The number of hydrogen-bond donors (Lipinski definition) is 1. The van der Waals surface area contributed by atoms with Crippen molar-refractivity contribution in [2.45, 2.75) is 19.0 Å². The van der Waals surface area contributed by atoms with Crippen molar-refractivity contribution in [1.82, 2.24) is 15.0 Å². The lowest BCUT2D eigenvalue weighted by atomic mass is 10.1. The Morgan fingerprint density at radius 3 is 3.24 bits per heavy atom. The summed E-state index contributed by atoms with van der Waals surface area (Å²) in [4.78, 5) is 18.2. The van der Waals surface area contributed by atoms with Crippen LogP contribution in [0.15, 0.2) is 22.0 Å². The molecule has 2 aromatic rings. The molecule has 0 amide bonds. The van der Waals surface area contributed by atoms with E-state index in [1.165, 1.54) is 11.3 Å². The van der Waals surface area contributed by atoms with E-state index in [0.29, 0.717) is 38.0 Å². The fraction of sp³-hybridized carbons (Fsp3) is 0.462. The van der Waals surface area contributed by atoms with Crippen LogP contribution in [0.3, 0.4) is 0 Å². The smallest absolute Gasteiger partial charge is 0.305 e. The van der Waals surface area contributed by atoms with Crippen LogP contribution in [0.25, 0.3) is 10.8 Å². The molecule has 0 aliphatic carbocycles. The number of carboxylic acids is 1. The molecule has 1 N–H and O–H groups in total. The maximum atomic E-state index is 10.9. The van der Waals surface area contributed by atoms with Gasteiger partial charge in [0.15, 0.2) is 5.82 Å². The average molecular weight is 309 g/mol. The third-order valence-corrected chi connectivity index (χ3v) is 4.16. The fourth-order valence-corrected chi connectivity index (χ4v) is 2.93. The van der Waals surface area contributed by atoms with Crippen molar-refractivity contribution in [2.24, 2.45) is 0 Å². The molecule has 0 spiro atoms. The van der Waals surface area contributed by atoms with Gasteiger partial charge in [0.1, 0.15) is 0 Å². The van der Waals surface area contributed by atoms with E-state index in [1.54, 1.807) is 0 Å². The predicted molar refractivity (Wildman–Crippen MR) is 74.9 cm³/mol. The average Bonchev–Trinajstić information content (AvgIpc) is 3.11. The van der Waals surface area contributed by atoms with Gasteiger partial charge in [0.25, 0.3) is 5.89 Å². The molecule has 7 nitrogen and oxygen atoms in total. The highest BCUT2D eigenvalue weighted by Crippen LogP contribution is 2.23. The Labute approximate surface area is 125 Å². The van der Waals surface area contributed by atoms with Crippen LogP contribution in [0.1, 0.15) is 12.2 Å². The Morgan fingerprint density at radius 2 is 2.48 bits per heavy atom. The third kappa shape index (κ3) is 3.46. The monoisotopic (exact) mass is 309 g/mol. The van der Waals surface area contributed by atoms with E-state index in [-0.39, 0.29) is 12.5 Å². The van der Waals surface area contributed by atoms with E-state index < -0.39 is 5.97 Å². The molecular formula is C13H15N3O4S. The number of thiophene rings is 1. The second kappa shape index (κ2) is 6.33. The Bertz CT molecular complexity index is 598. The van der Waals surface area contributed by atoms with Gasteiger partial charge in [0.2, 0.25) is 0 Å². The first-order chi connectivity index (χ1) is 10.2. The number of aliphatic carboxylic acids is 1. The lowest BCUT2D eigenvalue weighted by molar-refractivity contribution is -0.140. The predicted octanol–water partition coefficient (Wildman–Crippen LogP) is 1.47. The molecule has 8 heteroatoms. The summed E-state index contributed by atoms with van der Waals surface area (Å²) < 4.78 is 10.6. The van der Waals surface area contributed by atoms with Crippen LogP contribution in [0.2, 0.25) is 0 Å². The minimum absolute atomic E-state index is 0.0512. The van der Waals surface area contributed by atoms with Crippen LogP contribution in [0.4, 0.5) is 0 Å². The number of aromatic nitrogens is 2. The third-order valence-electron chi connectivity index (χ3n) is 3.30. The van der Waals surface area contributed by atoms with Gasteiger partial charge >= 0.3 is 5.97 Å². The first-order valence-corrected chi connectivity index (χ1v) is 7.50. The molecule has 2 aromatic heterocycles. The Hall–Kier alpha value is -1.77. The molecule has 1 aliphatic heterocycles. The van der Waals surface area contributed by atoms with Gasteiger partial charge in [-0.1, -0.05) is 11.2 Å². The van der Waals surface area contributed by atoms with E-state index in [4.69, 9.17) is 14.4 Å². The number of carboxylic acid groups (broad SMARTS) is 1. The van der Waals surface area contributed by atoms with Gasteiger partial charge in [-0.25, -0.2) is 0 Å². The highest BCUT2D eigenvalue weighted by molar-refractivity contribution is 7.13. The lowest BCUT2D eigenvalue weighted by Crippen LogP contribution is -2.46. The molecule has 1 aliphatic rings. The van der Waals surface area contributed by atoms with Gasteiger partial charge < -0.3 is 14.4 Å². The van der Waals surface area contributed by atoms with Gasteiger partial charge in [-0.3, -0.25) is 9.69 Å². The number of morpholine rings is 1. The van der Waals surface area contributed by atoms with Crippen molar-refractivity contribution in [1.29, 1.82) is 0 Å². The van der Waals surface area contributed by atoms with E-state index in [9.17, 15) is 4.79 Å². The normalized spacial score (nSPS) is 19.7. The van der Waals surface area contributed by atoms with Crippen molar-refractivity contribution in [3.8, 4) is 10.8 Å². The van der Waals surface area contributed by atoms with E-state index in [2.05, 4.69) is 10.1 Å². The van der Waals surface area contributed by atoms with Crippen LogP contribution in [0, 0.1) is 0 Å². The molecule has 0 aromatic carbocycles. The summed E-state index contributed by atoms with van der Waals surface area (Å²) in [6.45, 7) is 2.14. The molecule has 0 saturated carbocycles. The summed E-state index contributed by atoms with van der Waals surface area (Å²) in [7, 11) is 0. The first-order valence-electron chi connectivity index (χ1n) is 6.62. The number of rotatable bonds is 5. The van der Waals surface area contributed by atoms with Crippen molar-refractivity contribution >= 4 is 17.3 Å². The van der Waals surface area contributed by atoms with Crippen molar-refractivity contribution in [3.63, 3.8) is 0 Å². The number of ether oxygens (including phenoxy) is 1.